The Morgan fingerprint density at radius 1 is 1.37 bits per heavy atom. The summed E-state index contributed by atoms with van der Waals surface area (Å²) in [5.74, 6) is 0.550. The van der Waals surface area contributed by atoms with Crippen molar-refractivity contribution in [1.29, 1.82) is 0 Å². The molecule has 0 spiro atoms. The number of rotatable bonds is 2. The predicted octanol–water partition coefficient (Wildman–Crippen LogP) is 1.45. The van der Waals surface area contributed by atoms with Crippen molar-refractivity contribution < 1.29 is 4.79 Å². The van der Waals surface area contributed by atoms with Crippen LogP contribution in [0.15, 0.2) is 16.9 Å². The normalized spacial score (nSPS) is 20.8. The van der Waals surface area contributed by atoms with Crippen LogP contribution in [0.5, 0.6) is 0 Å². The number of hydrogen-bond donors (Lipinski definition) is 1. The van der Waals surface area contributed by atoms with Crippen LogP contribution in [0.4, 0.5) is 0 Å². The van der Waals surface area contributed by atoms with Gasteiger partial charge in [0.05, 0.1) is 22.6 Å². The molecule has 0 atom stereocenters. The van der Waals surface area contributed by atoms with E-state index < -0.39 is 0 Å². The molecule has 1 amide bonds. The molecule has 0 radical (unpaired) electrons. The molecule has 3 rings (SSSR count). The van der Waals surface area contributed by atoms with Crippen molar-refractivity contribution in [3.05, 3.63) is 16.9 Å². The van der Waals surface area contributed by atoms with E-state index in [1.165, 1.54) is 0 Å². The van der Waals surface area contributed by atoms with Gasteiger partial charge in [-0.25, -0.2) is 0 Å². The lowest BCUT2D eigenvalue weighted by atomic mass is 9.98. The van der Waals surface area contributed by atoms with Crippen LogP contribution in [0.2, 0.25) is 0 Å². The van der Waals surface area contributed by atoms with E-state index in [0.717, 1.165) is 43.5 Å². The maximum absolute atomic E-state index is 12.1. The van der Waals surface area contributed by atoms with Gasteiger partial charge in [-0.3, -0.25) is 9.48 Å². The van der Waals surface area contributed by atoms with E-state index in [0.29, 0.717) is 11.9 Å². The number of carbonyl (C=O) groups excluding carboxylic acids is 1. The van der Waals surface area contributed by atoms with Crippen LogP contribution in [0.1, 0.15) is 18.9 Å². The molecule has 1 N–H and O–H groups in total. The Morgan fingerprint density at radius 2 is 2.05 bits per heavy atom. The van der Waals surface area contributed by atoms with Crippen molar-refractivity contribution in [1.82, 2.24) is 20.0 Å². The first kappa shape index (κ1) is 14.8. The molecule has 0 aliphatic carbocycles. The summed E-state index contributed by atoms with van der Waals surface area (Å²) < 4.78 is 3.03. The van der Waals surface area contributed by atoms with Crippen molar-refractivity contribution in [2.75, 3.05) is 26.2 Å². The lowest BCUT2D eigenvalue weighted by Gasteiger charge is -2.36. The first-order valence-electron chi connectivity index (χ1n) is 6.43. The summed E-state index contributed by atoms with van der Waals surface area (Å²) in [5.41, 5.74) is 0. The van der Waals surface area contributed by atoms with Gasteiger partial charge in [-0.15, -0.1) is 12.4 Å². The molecule has 106 valence electrons. The van der Waals surface area contributed by atoms with Crippen molar-refractivity contribution in [2.24, 2.45) is 5.92 Å². The molecule has 19 heavy (non-hydrogen) atoms. The van der Waals surface area contributed by atoms with Crippen LogP contribution in [-0.4, -0.2) is 46.8 Å². The second kappa shape index (κ2) is 6.24. The van der Waals surface area contributed by atoms with Gasteiger partial charge < -0.3 is 10.2 Å². The maximum Gasteiger partial charge on any atom is 0.228 e. The number of amides is 1. The fourth-order valence-electron chi connectivity index (χ4n) is 2.59. The summed E-state index contributed by atoms with van der Waals surface area (Å²) in [6.07, 6.45) is 5.83. The van der Waals surface area contributed by atoms with Gasteiger partial charge >= 0.3 is 0 Å². The Balaban J connectivity index is 0.00000133. The van der Waals surface area contributed by atoms with Crippen LogP contribution < -0.4 is 5.32 Å². The van der Waals surface area contributed by atoms with Crippen LogP contribution >= 0.6 is 28.3 Å². The van der Waals surface area contributed by atoms with Crippen molar-refractivity contribution in [3.63, 3.8) is 0 Å². The summed E-state index contributed by atoms with van der Waals surface area (Å²) in [4.78, 5) is 14.1. The van der Waals surface area contributed by atoms with Gasteiger partial charge in [-0.05, 0) is 28.8 Å². The van der Waals surface area contributed by atoms with Crippen LogP contribution in [0.25, 0.3) is 0 Å². The summed E-state index contributed by atoms with van der Waals surface area (Å²) in [6, 6.07) is 0.430. The Morgan fingerprint density at radius 3 is 2.53 bits per heavy atom. The fourth-order valence-corrected chi connectivity index (χ4v) is 2.89. The maximum atomic E-state index is 12.1. The second-order valence-electron chi connectivity index (χ2n) is 5.05. The highest BCUT2D eigenvalue weighted by molar-refractivity contribution is 9.10. The van der Waals surface area contributed by atoms with Crippen molar-refractivity contribution in [3.8, 4) is 0 Å². The summed E-state index contributed by atoms with van der Waals surface area (Å²) >= 11 is 3.42. The van der Waals surface area contributed by atoms with E-state index in [-0.39, 0.29) is 18.3 Å². The zero-order valence-electron chi connectivity index (χ0n) is 10.6. The number of hydrogen-bond acceptors (Lipinski definition) is 3. The minimum absolute atomic E-state index is 0. The van der Waals surface area contributed by atoms with E-state index in [9.17, 15) is 4.79 Å². The highest BCUT2D eigenvalue weighted by Gasteiger charge is 2.31. The van der Waals surface area contributed by atoms with E-state index in [1.807, 2.05) is 22.0 Å². The fraction of sp³-hybridized carbons (Fsp3) is 0.667. The number of likely N-dealkylation sites (tertiary alicyclic amines) is 1. The van der Waals surface area contributed by atoms with Crippen molar-refractivity contribution >= 4 is 34.2 Å². The van der Waals surface area contributed by atoms with E-state index in [4.69, 9.17) is 0 Å². The topological polar surface area (TPSA) is 50.2 Å². The smallest absolute Gasteiger partial charge is 0.228 e. The molecule has 0 bridgehead atoms. The number of carbonyl (C=O) groups is 1. The van der Waals surface area contributed by atoms with Crippen molar-refractivity contribution in [2.45, 2.75) is 18.9 Å². The van der Waals surface area contributed by atoms with E-state index >= 15 is 0 Å². The standard InChI is InChI=1S/C12H17BrN4O.ClH/c13-10-7-15-17(8-10)11-1-3-16(4-2-11)12(18)9-5-14-6-9;/h7-9,11,14H,1-6H2;1H. The first-order chi connectivity index (χ1) is 8.74. The summed E-state index contributed by atoms with van der Waals surface area (Å²) in [7, 11) is 0. The highest BCUT2D eigenvalue weighted by Crippen LogP contribution is 2.24. The van der Waals surface area contributed by atoms with Gasteiger partial charge in [-0.2, -0.15) is 5.10 Å². The van der Waals surface area contributed by atoms with Gasteiger partial charge in [0.1, 0.15) is 0 Å². The van der Waals surface area contributed by atoms with Crippen LogP contribution in [-0.2, 0) is 4.79 Å². The second-order valence-corrected chi connectivity index (χ2v) is 5.97. The summed E-state index contributed by atoms with van der Waals surface area (Å²) in [5, 5.41) is 7.48. The molecule has 2 aliphatic rings. The molecule has 2 fully saturated rings. The third kappa shape index (κ3) is 3.12. The number of nitrogens with zero attached hydrogens (tertiary/aromatic N) is 3. The largest absolute Gasteiger partial charge is 0.342 e. The molecule has 2 saturated heterocycles. The molecule has 0 aromatic carbocycles. The molecule has 7 heteroatoms. The number of halogens is 2. The Kier molecular flexibility index (Phi) is 4.86. The number of nitrogens with one attached hydrogen (secondary N) is 1. The van der Waals surface area contributed by atoms with Gasteiger partial charge in [0.15, 0.2) is 0 Å². The molecule has 0 saturated carbocycles. The minimum atomic E-state index is 0. The molecule has 5 nitrogen and oxygen atoms in total. The average Bonchev–Trinajstić information content (AvgIpc) is 2.74. The average molecular weight is 350 g/mol. The molecule has 0 unspecified atom stereocenters. The molecule has 3 heterocycles. The predicted molar refractivity (Wildman–Crippen MR) is 78.4 cm³/mol. The van der Waals surface area contributed by atoms with E-state index in [1.54, 1.807) is 0 Å². The first-order valence-corrected chi connectivity index (χ1v) is 7.22. The molecule has 2 aliphatic heterocycles. The van der Waals surface area contributed by atoms with Crippen LogP contribution in [0.3, 0.4) is 0 Å². The van der Waals surface area contributed by atoms with Crippen LogP contribution in [0, 0.1) is 5.92 Å². The lowest BCUT2D eigenvalue weighted by Crippen LogP contribution is -2.53. The van der Waals surface area contributed by atoms with E-state index in [2.05, 4.69) is 26.3 Å². The lowest BCUT2D eigenvalue weighted by molar-refractivity contribution is -0.138. The zero-order chi connectivity index (χ0) is 12.5. The number of aromatic nitrogens is 2. The quantitative estimate of drug-likeness (QED) is 0.879. The van der Waals surface area contributed by atoms with Gasteiger partial charge in [0, 0.05) is 32.4 Å². The third-order valence-electron chi connectivity index (χ3n) is 3.85. The molecule has 1 aromatic rings. The van der Waals surface area contributed by atoms with Gasteiger partial charge in [0.25, 0.3) is 0 Å². The SMILES string of the molecule is Cl.O=C(C1CNC1)N1CCC(n2cc(Br)cn2)CC1. The molecule has 1 aromatic heterocycles. The Bertz CT molecular complexity index is 441. The van der Waals surface area contributed by atoms with Gasteiger partial charge in [0.2, 0.25) is 5.91 Å². The third-order valence-corrected chi connectivity index (χ3v) is 4.26. The Labute approximate surface area is 127 Å². The summed E-state index contributed by atoms with van der Waals surface area (Å²) in [6.45, 7) is 3.42. The van der Waals surface area contributed by atoms with Gasteiger partial charge in [-0.1, -0.05) is 0 Å². The molecular weight excluding hydrogens is 332 g/mol. The highest BCUT2D eigenvalue weighted by atomic mass is 79.9. The zero-order valence-corrected chi connectivity index (χ0v) is 13.0. The monoisotopic (exact) mass is 348 g/mol. The minimum Gasteiger partial charge on any atom is -0.342 e. The molecular formula is C12H18BrClN4O. The Hall–Kier alpha value is -0.590. The number of piperidine rings is 1.